The molecule has 1 unspecified atom stereocenters. The average Bonchev–Trinajstić information content (AvgIpc) is 3.56. The predicted octanol–water partition coefficient (Wildman–Crippen LogP) is 4.89. The van der Waals surface area contributed by atoms with Crippen molar-refractivity contribution in [2.45, 2.75) is 24.7 Å². The number of para-hydroxylation sites is 1. The topological polar surface area (TPSA) is 78.5 Å². The highest BCUT2D eigenvalue weighted by Crippen LogP contribution is 2.34. The molecule has 168 valence electrons. The van der Waals surface area contributed by atoms with Gasteiger partial charge in [-0.05, 0) is 24.1 Å². The molecule has 2 aromatic heterocycles. The van der Waals surface area contributed by atoms with Crippen molar-refractivity contribution in [1.29, 1.82) is 0 Å². The van der Waals surface area contributed by atoms with Crippen molar-refractivity contribution in [1.82, 2.24) is 15.0 Å². The third kappa shape index (κ3) is 3.72. The van der Waals surface area contributed by atoms with E-state index in [1.54, 1.807) is 7.11 Å². The zero-order valence-corrected chi connectivity index (χ0v) is 18.7. The summed E-state index contributed by atoms with van der Waals surface area (Å²) in [7, 11) is 1.67. The van der Waals surface area contributed by atoms with Gasteiger partial charge in [-0.2, -0.15) is 4.98 Å². The van der Waals surface area contributed by atoms with Crippen LogP contribution >= 0.6 is 11.6 Å². The number of hydrogen-bond acceptors (Lipinski definition) is 6. The summed E-state index contributed by atoms with van der Waals surface area (Å²) in [4.78, 5) is 12.4. The number of ether oxygens (including phenoxy) is 4. The molecular formula is C25H22ClN3O4. The van der Waals surface area contributed by atoms with Gasteiger partial charge >= 0.3 is 0 Å². The SMILES string of the molecule is COc1ccccc1-c1ccc(-c2nc3nc(OC4CO[C@@H]5CCO[C@H]45)[nH]c3cc2Cl)cc1. The van der Waals surface area contributed by atoms with Crippen LogP contribution in [0.3, 0.4) is 0 Å². The minimum atomic E-state index is -0.185. The van der Waals surface area contributed by atoms with Gasteiger partial charge in [-0.1, -0.05) is 54.1 Å². The smallest absolute Gasteiger partial charge is 0.296 e. The molecule has 4 heterocycles. The molecule has 0 saturated carbocycles. The number of imidazole rings is 1. The highest BCUT2D eigenvalue weighted by molar-refractivity contribution is 6.33. The number of pyridine rings is 1. The van der Waals surface area contributed by atoms with Crippen molar-refractivity contribution >= 4 is 22.8 Å². The number of methoxy groups -OCH3 is 1. The van der Waals surface area contributed by atoms with E-state index >= 15 is 0 Å². The van der Waals surface area contributed by atoms with Crippen LogP contribution in [-0.4, -0.2) is 53.6 Å². The lowest BCUT2D eigenvalue weighted by atomic mass is 10.0. The summed E-state index contributed by atoms with van der Waals surface area (Å²) >= 11 is 6.58. The van der Waals surface area contributed by atoms with Gasteiger partial charge in [0.05, 0.1) is 36.1 Å². The fraction of sp³-hybridized carbons (Fsp3) is 0.280. The third-order valence-corrected chi connectivity index (χ3v) is 6.45. The molecule has 0 spiro atoms. The van der Waals surface area contributed by atoms with Crippen LogP contribution < -0.4 is 9.47 Å². The number of H-pyrrole nitrogens is 1. The Bertz CT molecular complexity index is 1310. The second-order valence-electron chi connectivity index (χ2n) is 8.16. The fourth-order valence-corrected chi connectivity index (χ4v) is 4.78. The van der Waals surface area contributed by atoms with Crippen LogP contribution in [0.5, 0.6) is 11.8 Å². The van der Waals surface area contributed by atoms with E-state index in [-0.39, 0.29) is 18.3 Å². The number of aromatic nitrogens is 3. The van der Waals surface area contributed by atoms with Gasteiger partial charge < -0.3 is 23.9 Å². The second kappa shape index (κ2) is 8.33. The molecule has 7 nitrogen and oxygen atoms in total. The largest absolute Gasteiger partial charge is 0.496 e. The van der Waals surface area contributed by atoms with Gasteiger partial charge in [-0.15, -0.1) is 0 Å². The maximum absolute atomic E-state index is 6.58. The first kappa shape index (κ1) is 20.5. The zero-order chi connectivity index (χ0) is 22.4. The average molecular weight is 464 g/mol. The normalized spacial score (nSPS) is 21.9. The summed E-state index contributed by atoms with van der Waals surface area (Å²) < 4.78 is 23.0. The van der Waals surface area contributed by atoms with Crippen molar-refractivity contribution in [2.75, 3.05) is 20.3 Å². The van der Waals surface area contributed by atoms with E-state index < -0.39 is 0 Å². The maximum atomic E-state index is 6.58. The van der Waals surface area contributed by atoms with E-state index in [9.17, 15) is 0 Å². The molecule has 8 heteroatoms. The zero-order valence-electron chi connectivity index (χ0n) is 18.0. The Morgan fingerprint density at radius 2 is 1.85 bits per heavy atom. The van der Waals surface area contributed by atoms with Crippen LogP contribution in [0, 0.1) is 0 Å². The Labute approximate surface area is 195 Å². The van der Waals surface area contributed by atoms with Crippen LogP contribution in [0.25, 0.3) is 33.5 Å². The summed E-state index contributed by atoms with van der Waals surface area (Å²) in [5, 5.41) is 0.533. The van der Waals surface area contributed by atoms with Gasteiger partial charge in [0.15, 0.2) is 11.8 Å². The Hall–Kier alpha value is -3.13. The van der Waals surface area contributed by atoms with Gasteiger partial charge in [-0.3, -0.25) is 0 Å². The Kier molecular flexibility index (Phi) is 5.17. The molecule has 4 aromatic rings. The standard InChI is InChI=1S/C25H22ClN3O4/c1-30-19-5-3-2-4-16(19)14-6-8-15(9-7-14)22-17(26)12-18-24(28-22)29-25(27-18)33-21-13-32-20-10-11-31-23(20)21/h2-9,12,20-21,23H,10-11,13H2,1H3,(H,27,28,29)/t20-,21?,23+/m1/s1. The van der Waals surface area contributed by atoms with Crippen molar-refractivity contribution in [2.24, 2.45) is 0 Å². The summed E-state index contributed by atoms with van der Waals surface area (Å²) in [6.45, 7) is 1.19. The molecule has 2 aromatic carbocycles. The molecule has 0 radical (unpaired) electrons. The number of halogens is 1. The first-order valence-corrected chi connectivity index (χ1v) is 11.3. The van der Waals surface area contributed by atoms with E-state index in [4.69, 9.17) is 35.5 Å². The predicted molar refractivity (Wildman–Crippen MR) is 125 cm³/mol. The van der Waals surface area contributed by atoms with E-state index in [1.807, 2.05) is 54.6 Å². The highest BCUT2D eigenvalue weighted by Gasteiger charge is 2.43. The van der Waals surface area contributed by atoms with Crippen LogP contribution in [0.1, 0.15) is 6.42 Å². The van der Waals surface area contributed by atoms with Gasteiger partial charge in [0.25, 0.3) is 6.01 Å². The molecule has 2 saturated heterocycles. The van der Waals surface area contributed by atoms with Crippen molar-refractivity contribution in [3.63, 3.8) is 0 Å². The first-order chi connectivity index (χ1) is 16.2. The van der Waals surface area contributed by atoms with Crippen molar-refractivity contribution in [3.05, 3.63) is 59.6 Å². The molecule has 6 rings (SSSR count). The quantitative estimate of drug-likeness (QED) is 0.454. The first-order valence-electron chi connectivity index (χ1n) is 10.9. The number of aromatic amines is 1. The lowest BCUT2D eigenvalue weighted by Gasteiger charge is -2.15. The molecule has 1 N–H and O–H groups in total. The second-order valence-corrected chi connectivity index (χ2v) is 8.57. The summed E-state index contributed by atoms with van der Waals surface area (Å²) in [6.07, 6.45) is 0.779. The molecule has 33 heavy (non-hydrogen) atoms. The Balaban J connectivity index is 1.27. The van der Waals surface area contributed by atoms with Gasteiger partial charge in [-0.25, -0.2) is 4.98 Å². The Morgan fingerprint density at radius 3 is 2.70 bits per heavy atom. The number of nitrogens with zero attached hydrogens (tertiary/aromatic N) is 2. The molecular weight excluding hydrogens is 442 g/mol. The molecule has 0 bridgehead atoms. The van der Waals surface area contributed by atoms with E-state index in [0.717, 1.165) is 28.9 Å². The van der Waals surface area contributed by atoms with Crippen LogP contribution in [0.15, 0.2) is 54.6 Å². The molecule has 2 aliphatic heterocycles. The monoisotopic (exact) mass is 463 g/mol. The van der Waals surface area contributed by atoms with E-state index in [1.165, 1.54) is 0 Å². The summed E-state index contributed by atoms with van der Waals surface area (Å²) in [5.74, 6) is 0.828. The Morgan fingerprint density at radius 1 is 1.03 bits per heavy atom. The molecule has 0 aliphatic carbocycles. The minimum Gasteiger partial charge on any atom is -0.496 e. The maximum Gasteiger partial charge on any atom is 0.296 e. The number of fused-ring (bicyclic) bond motifs is 2. The van der Waals surface area contributed by atoms with Crippen molar-refractivity contribution in [3.8, 4) is 34.1 Å². The number of nitrogens with one attached hydrogen (secondary N) is 1. The molecule has 3 atom stereocenters. The minimum absolute atomic E-state index is 0.0490. The van der Waals surface area contributed by atoms with Gasteiger partial charge in [0, 0.05) is 17.7 Å². The number of rotatable bonds is 5. The van der Waals surface area contributed by atoms with E-state index in [2.05, 4.69) is 9.97 Å². The molecule has 2 fully saturated rings. The lowest BCUT2D eigenvalue weighted by molar-refractivity contribution is 0.0273. The highest BCUT2D eigenvalue weighted by atomic mass is 35.5. The third-order valence-electron chi connectivity index (χ3n) is 6.16. The number of benzene rings is 2. The summed E-state index contributed by atoms with van der Waals surface area (Å²) in [5.41, 5.74) is 4.90. The van der Waals surface area contributed by atoms with Crippen molar-refractivity contribution < 1.29 is 18.9 Å². The van der Waals surface area contributed by atoms with Gasteiger partial charge in [0.2, 0.25) is 0 Å². The lowest BCUT2D eigenvalue weighted by Crippen LogP contribution is -2.32. The van der Waals surface area contributed by atoms with Gasteiger partial charge in [0.1, 0.15) is 11.9 Å². The summed E-state index contributed by atoms with van der Waals surface area (Å²) in [6, 6.07) is 18.2. The van der Waals surface area contributed by atoms with E-state index in [0.29, 0.717) is 41.1 Å². The fourth-order valence-electron chi connectivity index (χ4n) is 4.52. The molecule has 0 amide bonds. The molecule has 2 aliphatic rings. The van der Waals surface area contributed by atoms with Crippen LogP contribution in [-0.2, 0) is 9.47 Å². The van der Waals surface area contributed by atoms with Crippen LogP contribution in [0.4, 0.5) is 0 Å². The number of hydrogen-bond donors (Lipinski definition) is 1. The van der Waals surface area contributed by atoms with Crippen LogP contribution in [0.2, 0.25) is 5.02 Å².